The molecule has 0 atom stereocenters. The average molecular weight is 403 g/mol. The Morgan fingerprint density at radius 2 is 1.61 bits per heavy atom. The number of nitrogens with zero attached hydrogens (tertiary/aromatic N) is 3. The van der Waals surface area contributed by atoms with Gasteiger partial charge in [0.2, 0.25) is 10.0 Å². The van der Waals surface area contributed by atoms with E-state index in [1.807, 2.05) is 38.7 Å². The summed E-state index contributed by atoms with van der Waals surface area (Å²) in [6.07, 6.45) is 1.60. The second-order valence-electron chi connectivity index (χ2n) is 7.22. The lowest BCUT2D eigenvalue weighted by Crippen LogP contribution is -2.49. The SMILES string of the molecule is Cc1cc(C)c(C)c(S(=O)(=O)N2CCN(c3ncccc3C(N)=O)CC2)c1C. The van der Waals surface area contributed by atoms with Crippen LogP contribution in [0.3, 0.4) is 0 Å². The molecule has 150 valence electrons. The van der Waals surface area contributed by atoms with Crippen LogP contribution in [0.15, 0.2) is 29.3 Å². The van der Waals surface area contributed by atoms with E-state index in [4.69, 9.17) is 5.73 Å². The zero-order valence-corrected chi connectivity index (χ0v) is 17.5. The number of pyridine rings is 1. The van der Waals surface area contributed by atoms with Gasteiger partial charge in [0.1, 0.15) is 5.82 Å². The molecular weight excluding hydrogens is 376 g/mol. The molecule has 2 aromatic rings. The second-order valence-corrected chi connectivity index (χ2v) is 9.09. The van der Waals surface area contributed by atoms with Crippen LogP contribution in [0.1, 0.15) is 32.6 Å². The van der Waals surface area contributed by atoms with Crippen molar-refractivity contribution in [3.8, 4) is 0 Å². The number of anilines is 1. The van der Waals surface area contributed by atoms with E-state index in [0.29, 0.717) is 42.5 Å². The molecule has 7 nitrogen and oxygen atoms in total. The van der Waals surface area contributed by atoms with Gasteiger partial charge in [-0.25, -0.2) is 13.4 Å². The molecule has 1 aromatic carbocycles. The lowest BCUT2D eigenvalue weighted by Gasteiger charge is -2.35. The van der Waals surface area contributed by atoms with Gasteiger partial charge < -0.3 is 10.6 Å². The van der Waals surface area contributed by atoms with E-state index in [-0.39, 0.29) is 0 Å². The van der Waals surface area contributed by atoms with Gasteiger partial charge in [0.25, 0.3) is 5.91 Å². The molecule has 1 aliphatic rings. The van der Waals surface area contributed by atoms with E-state index in [1.54, 1.807) is 18.3 Å². The number of hydrogen-bond donors (Lipinski definition) is 1. The van der Waals surface area contributed by atoms with E-state index in [0.717, 1.165) is 22.3 Å². The summed E-state index contributed by atoms with van der Waals surface area (Å²) < 4.78 is 28.3. The lowest BCUT2D eigenvalue weighted by molar-refractivity contribution is 0.1000. The highest BCUT2D eigenvalue weighted by Gasteiger charge is 2.32. The second kappa shape index (κ2) is 7.52. The molecule has 1 fully saturated rings. The van der Waals surface area contributed by atoms with Crippen molar-refractivity contribution in [2.75, 3.05) is 31.1 Å². The fourth-order valence-electron chi connectivity index (χ4n) is 3.68. The first-order valence-electron chi connectivity index (χ1n) is 9.22. The Morgan fingerprint density at radius 1 is 1.04 bits per heavy atom. The number of nitrogens with two attached hydrogens (primary N) is 1. The minimum absolute atomic E-state index is 0.322. The molecule has 1 aromatic heterocycles. The summed E-state index contributed by atoms with van der Waals surface area (Å²) in [5.41, 5.74) is 9.33. The molecule has 0 unspecified atom stereocenters. The molecule has 28 heavy (non-hydrogen) atoms. The van der Waals surface area contributed by atoms with Crippen molar-refractivity contribution in [3.05, 3.63) is 52.2 Å². The number of amides is 1. The molecule has 1 amide bonds. The van der Waals surface area contributed by atoms with E-state index in [1.165, 1.54) is 4.31 Å². The largest absolute Gasteiger partial charge is 0.365 e. The molecule has 1 aliphatic heterocycles. The number of aromatic nitrogens is 1. The zero-order chi connectivity index (χ0) is 20.6. The van der Waals surface area contributed by atoms with Crippen LogP contribution in [0.25, 0.3) is 0 Å². The van der Waals surface area contributed by atoms with Crippen LogP contribution in [0.4, 0.5) is 5.82 Å². The zero-order valence-electron chi connectivity index (χ0n) is 16.7. The van der Waals surface area contributed by atoms with Crippen molar-refractivity contribution < 1.29 is 13.2 Å². The molecule has 0 bridgehead atoms. The van der Waals surface area contributed by atoms with E-state index in [9.17, 15) is 13.2 Å². The smallest absolute Gasteiger partial charge is 0.252 e. The number of aryl methyl sites for hydroxylation is 2. The van der Waals surface area contributed by atoms with Crippen molar-refractivity contribution >= 4 is 21.7 Å². The summed E-state index contributed by atoms with van der Waals surface area (Å²) in [7, 11) is -3.61. The monoisotopic (exact) mass is 402 g/mol. The molecule has 8 heteroatoms. The van der Waals surface area contributed by atoms with Crippen LogP contribution >= 0.6 is 0 Å². The predicted molar refractivity (Wildman–Crippen MR) is 109 cm³/mol. The minimum atomic E-state index is -3.61. The van der Waals surface area contributed by atoms with Crippen LogP contribution in [0.2, 0.25) is 0 Å². The average Bonchev–Trinajstić information content (AvgIpc) is 2.66. The van der Waals surface area contributed by atoms with E-state index in [2.05, 4.69) is 4.98 Å². The van der Waals surface area contributed by atoms with Crippen LogP contribution in [-0.2, 0) is 10.0 Å². The Hall–Kier alpha value is -2.45. The Morgan fingerprint density at radius 3 is 2.14 bits per heavy atom. The molecule has 0 saturated carbocycles. The van der Waals surface area contributed by atoms with Gasteiger partial charge in [-0.1, -0.05) is 6.07 Å². The van der Waals surface area contributed by atoms with Crippen molar-refractivity contribution in [2.24, 2.45) is 5.73 Å². The van der Waals surface area contributed by atoms with Gasteiger partial charge in [-0.15, -0.1) is 0 Å². The van der Waals surface area contributed by atoms with E-state index >= 15 is 0 Å². The third-order valence-corrected chi connectivity index (χ3v) is 7.66. The third-order valence-electron chi connectivity index (χ3n) is 5.49. The topological polar surface area (TPSA) is 96.6 Å². The quantitative estimate of drug-likeness (QED) is 0.843. The number of primary amides is 1. The van der Waals surface area contributed by atoms with Crippen molar-refractivity contribution in [1.82, 2.24) is 9.29 Å². The molecule has 2 heterocycles. The maximum Gasteiger partial charge on any atom is 0.252 e. The number of piperazine rings is 1. The molecule has 0 radical (unpaired) electrons. The normalized spacial score (nSPS) is 15.6. The van der Waals surface area contributed by atoms with E-state index < -0.39 is 15.9 Å². The van der Waals surface area contributed by atoms with Gasteiger partial charge in [0.05, 0.1) is 10.5 Å². The van der Waals surface area contributed by atoms with Gasteiger partial charge in [-0.3, -0.25) is 4.79 Å². The number of rotatable bonds is 4. The Kier molecular flexibility index (Phi) is 5.45. The molecule has 2 N–H and O–H groups in total. The van der Waals surface area contributed by atoms with Gasteiger partial charge >= 0.3 is 0 Å². The molecule has 1 saturated heterocycles. The number of hydrogen-bond acceptors (Lipinski definition) is 5. The highest BCUT2D eigenvalue weighted by Crippen LogP contribution is 2.30. The summed E-state index contributed by atoms with van der Waals surface area (Å²) in [5, 5.41) is 0. The first-order chi connectivity index (χ1) is 13.1. The third kappa shape index (κ3) is 3.49. The van der Waals surface area contributed by atoms with Gasteiger partial charge in [-0.2, -0.15) is 4.31 Å². The maximum absolute atomic E-state index is 13.4. The summed E-state index contributed by atoms with van der Waals surface area (Å²) in [6, 6.07) is 5.32. The van der Waals surface area contributed by atoms with Crippen LogP contribution < -0.4 is 10.6 Å². The summed E-state index contributed by atoms with van der Waals surface area (Å²) in [5.74, 6) is -0.0366. The molecule has 0 spiro atoms. The lowest BCUT2D eigenvalue weighted by atomic mass is 10.0. The van der Waals surface area contributed by atoms with Crippen molar-refractivity contribution in [3.63, 3.8) is 0 Å². The Labute approximate surface area is 166 Å². The summed E-state index contributed by atoms with van der Waals surface area (Å²) in [6.45, 7) is 9.12. The standard InChI is InChI=1S/C20H26N4O3S/c1-13-12-14(2)16(4)18(15(13)3)28(26,27)24-10-8-23(9-11-24)20-17(19(21)25)6-5-7-22-20/h5-7,12H,8-11H2,1-4H3,(H2,21,25). The molecular formula is C20H26N4O3S. The predicted octanol–water partition coefficient (Wildman–Crippen LogP) is 1.93. The van der Waals surface area contributed by atoms with Crippen LogP contribution in [-0.4, -0.2) is 49.8 Å². The first-order valence-corrected chi connectivity index (χ1v) is 10.7. The minimum Gasteiger partial charge on any atom is -0.365 e. The van der Waals surface area contributed by atoms with Crippen molar-refractivity contribution in [1.29, 1.82) is 0 Å². The van der Waals surface area contributed by atoms with Gasteiger partial charge in [0.15, 0.2) is 0 Å². The first kappa shape index (κ1) is 20.3. The highest BCUT2D eigenvalue weighted by atomic mass is 32.2. The maximum atomic E-state index is 13.4. The van der Waals surface area contributed by atoms with Gasteiger partial charge in [0, 0.05) is 32.4 Å². The fraction of sp³-hybridized carbons (Fsp3) is 0.400. The van der Waals surface area contributed by atoms with Crippen molar-refractivity contribution in [2.45, 2.75) is 32.6 Å². The van der Waals surface area contributed by atoms with Gasteiger partial charge in [-0.05, 0) is 62.1 Å². The number of benzene rings is 1. The number of sulfonamides is 1. The molecule has 3 rings (SSSR count). The van der Waals surface area contributed by atoms with Crippen LogP contribution in [0.5, 0.6) is 0 Å². The molecule has 0 aliphatic carbocycles. The van der Waals surface area contributed by atoms with Crippen LogP contribution in [0, 0.1) is 27.7 Å². The fourth-order valence-corrected chi connectivity index (χ4v) is 5.68. The summed E-state index contributed by atoms with van der Waals surface area (Å²) >= 11 is 0. The highest BCUT2D eigenvalue weighted by molar-refractivity contribution is 7.89. The number of carbonyl (C=O) groups is 1. The number of carbonyl (C=O) groups excluding carboxylic acids is 1. The Balaban J connectivity index is 1.87. The Bertz CT molecular complexity index is 1000. The summed E-state index contributed by atoms with van der Waals surface area (Å²) in [4.78, 5) is 18.3.